The van der Waals surface area contributed by atoms with Gasteiger partial charge >= 0.3 is 0 Å². The first-order chi connectivity index (χ1) is 11.6. The van der Waals surface area contributed by atoms with Crippen molar-refractivity contribution in [2.24, 2.45) is 0 Å². The van der Waals surface area contributed by atoms with Gasteiger partial charge in [0.1, 0.15) is 5.69 Å². The van der Waals surface area contributed by atoms with Crippen molar-refractivity contribution >= 4 is 23.0 Å². The third-order valence-corrected chi connectivity index (χ3v) is 4.95. The fourth-order valence-corrected chi connectivity index (χ4v) is 3.56. The molecule has 3 aromatic carbocycles. The van der Waals surface area contributed by atoms with Gasteiger partial charge < -0.3 is 5.32 Å². The van der Waals surface area contributed by atoms with Crippen LogP contribution in [0.2, 0.25) is 5.02 Å². The lowest BCUT2D eigenvalue weighted by molar-refractivity contribution is 0.687. The minimum absolute atomic E-state index is 0.390. The summed E-state index contributed by atoms with van der Waals surface area (Å²) in [6, 6.07) is 13.1. The van der Waals surface area contributed by atoms with Crippen LogP contribution in [0.1, 0.15) is 24.0 Å². The summed E-state index contributed by atoms with van der Waals surface area (Å²) in [5.41, 5.74) is 4.20. The van der Waals surface area contributed by atoms with Crippen LogP contribution in [0.3, 0.4) is 0 Å². The number of fused-ring (bicyclic) bond motifs is 1. The van der Waals surface area contributed by atoms with Crippen molar-refractivity contribution in [3.8, 4) is 11.1 Å². The summed E-state index contributed by atoms with van der Waals surface area (Å²) in [6.07, 6.45) is 4.43. The van der Waals surface area contributed by atoms with Crippen LogP contribution in [0.5, 0.6) is 0 Å². The van der Waals surface area contributed by atoms with Gasteiger partial charge in [-0.15, -0.1) is 0 Å². The lowest BCUT2D eigenvalue weighted by Gasteiger charge is -2.21. The third kappa shape index (κ3) is 2.45. The molecule has 0 saturated carbocycles. The number of aryl methyl sites for hydroxylation is 1. The molecule has 0 spiro atoms. The predicted octanol–water partition coefficient (Wildman–Crippen LogP) is 4.23. The molecule has 120 valence electrons. The summed E-state index contributed by atoms with van der Waals surface area (Å²) in [6.45, 7) is 0. The topological polar surface area (TPSA) is 46.2 Å². The van der Waals surface area contributed by atoms with E-state index in [2.05, 4.69) is 11.4 Å². The molecule has 1 aliphatic rings. The number of rotatable bonds is 3. The number of hydrogen-bond donors (Lipinski definition) is 1. The maximum atomic E-state index is 12.1. The van der Waals surface area contributed by atoms with Gasteiger partial charge in [0.2, 0.25) is 5.43 Å². The number of anilines is 2. The van der Waals surface area contributed by atoms with E-state index in [4.69, 9.17) is 11.6 Å². The van der Waals surface area contributed by atoms with Crippen LogP contribution in [0, 0.1) is 0 Å². The van der Waals surface area contributed by atoms with Gasteiger partial charge in [0.25, 0.3) is 5.43 Å². The average molecular weight is 338 g/mol. The van der Waals surface area contributed by atoms with E-state index in [0.29, 0.717) is 16.3 Å². The zero-order valence-electron chi connectivity index (χ0n) is 13.1. The molecule has 0 aliphatic heterocycles. The van der Waals surface area contributed by atoms with Crippen molar-refractivity contribution in [3.63, 3.8) is 0 Å². The van der Waals surface area contributed by atoms with Crippen LogP contribution in [0.4, 0.5) is 11.4 Å². The molecule has 1 aliphatic carbocycles. The zero-order chi connectivity index (χ0) is 16.7. The fourth-order valence-electron chi connectivity index (χ4n) is 3.44. The number of halogens is 1. The second-order valence-corrected chi connectivity index (χ2v) is 6.63. The molecule has 0 unspecified atom stereocenters. The molecule has 0 atom stereocenters. The fraction of sp³-hybridized carbons (Fsp3) is 0.200. The first kappa shape index (κ1) is 15.2. The molecule has 4 heteroatoms. The van der Waals surface area contributed by atoms with Crippen LogP contribution in [-0.4, -0.2) is 0 Å². The second-order valence-electron chi connectivity index (χ2n) is 6.19. The van der Waals surface area contributed by atoms with E-state index in [9.17, 15) is 9.59 Å². The van der Waals surface area contributed by atoms with Crippen LogP contribution in [0.15, 0.2) is 52.1 Å². The highest BCUT2D eigenvalue weighted by Crippen LogP contribution is 2.32. The molecule has 1 N–H and O–H groups in total. The Balaban J connectivity index is 1.75. The summed E-state index contributed by atoms with van der Waals surface area (Å²) in [7, 11) is 0. The van der Waals surface area contributed by atoms with Gasteiger partial charge in [-0.25, -0.2) is 0 Å². The molecule has 0 heterocycles. The summed E-state index contributed by atoms with van der Waals surface area (Å²) >= 11 is 5.90. The molecule has 0 radical (unpaired) electrons. The molecular weight excluding hydrogens is 322 g/mol. The van der Waals surface area contributed by atoms with E-state index in [1.807, 2.05) is 12.1 Å². The van der Waals surface area contributed by atoms with E-state index in [1.165, 1.54) is 17.5 Å². The van der Waals surface area contributed by atoms with Crippen molar-refractivity contribution in [3.05, 3.63) is 79.1 Å². The standard InChI is InChI=1S/C20H16ClNO2/c21-14-10-8-13(9-11-14)17-18(20(24)19(17)23)22-16-7-3-5-12-4-1-2-6-15(12)16/h3,5,7-11,22H,1-2,4,6H2. The van der Waals surface area contributed by atoms with E-state index in [-0.39, 0.29) is 0 Å². The molecule has 24 heavy (non-hydrogen) atoms. The van der Waals surface area contributed by atoms with E-state index >= 15 is 0 Å². The lowest BCUT2D eigenvalue weighted by Crippen LogP contribution is -2.35. The summed E-state index contributed by atoms with van der Waals surface area (Å²) < 4.78 is 0. The van der Waals surface area contributed by atoms with Crippen LogP contribution >= 0.6 is 11.6 Å². The maximum Gasteiger partial charge on any atom is 0.250 e. The van der Waals surface area contributed by atoms with Crippen molar-refractivity contribution in [1.82, 2.24) is 0 Å². The van der Waals surface area contributed by atoms with Gasteiger partial charge in [-0.2, -0.15) is 0 Å². The molecule has 0 aromatic heterocycles. The van der Waals surface area contributed by atoms with Crippen molar-refractivity contribution < 1.29 is 0 Å². The third-order valence-electron chi connectivity index (χ3n) is 4.70. The van der Waals surface area contributed by atoms with Crippen molar-refractivity contribution in [2.45, 2.75) is 25.7 Å². The Kier molecular flexibility index (Phi) is 3.73. The monoisotopic (exact) mass is 337 g/mol. The molecule has 0 saturated heterocycles. The predicted molar refractivity (Wildman–Crippen MR) is 98.2 cm³/mol. The summed E-state index contributed by atoms with van der Waals surface area (Å²) in [5.74, 6) is 0. The Morgan fingerprint density at radius 3 is 2.42 bits per heavy atom. The number of nitrogens with one attached hydrogen (secondary N) is 1. The Hall–Kier alpha value is -2.39. The average Bonchev–Trinajstić information content (AvgIpc) is 2.62. The smallest absolute Gasteiger partial charge is 0.250 e. The van der Waals surface area contributed by atoms with Crippen LogP contribution in [0.25, 0.3) is 11.1 Å². The summed E-state index contributed by atoms with van der Waals surface area (Å²) in [5, 5.41) is 3.83. The van der Waals surface area contributed by atoms with Crippen molar-refractivity contribution in [2.75, 3.05) is 5.32 Å². The Bertz CT molecular complexity index is 982. The lowest BCUT2D eigenvalue weighted by atomic mass is 9.90. The number of hydrogen-bond acceptors (Lipinski definition) is 3. The van der Waals surface area contributed by atoms with E-state index in [0.717, 1.165) is 30.5 Å². The maximum absolute atomic E-state index is 12.1. The Labute approximate surface area is 144 Å². The highest BCUT2D eigenvalue weighted by molar-refractivity contribution is 6.30. The first-order valence-electron chi connectivity index (χ1n) is 8.12. The van der Waals surface area contributed by atoms with Crippen LogP contribution in [-0.2, 0) is 12.8 Å². The normalized spacial score (nSPS) is 13.7. The molecule has 0 amide bonds. The van der Waals surface area contributed by atoms with Gasteiger partial charge in [0.15, 0.2) is 0 Å². The van der Waals surface area contributed by atoms with Gasteiger partial charge in [0, 0.05) is 10.7 Å². The van der Waals surface area contributed by atoms with Gasteiger partial charge in [-0.1, -0.05) is 35.9 Å². The molecule has 3 aromatic rings. The second kappa shape index (κ2) is 5.91. The first-order valence-corrected chi connectivity index (χ1v) is 8.50. The largest absolute Gasteiger partial charge is 0.351 e. The minimum Gasteiger partial charge on any atom is -0.351 e. The van der Waals surface area contributed by atoms with E-state index < -0.39 is 10.9 Å². The summed E-state index contributed by atoms with van der Waals surface area (Å²) in [4.78, 5) is 24.1. The quantitative estimate of drug-likeness (QED) is 0.728. The molecular formula is C20H16ClNO2. The SMILES string of the molecule is O=c1c(Nc2cccc3c2CCCC3)c(-c2ccc(Cl)cc2)c1=O. The van der Waals surface area contributed by atoms with Gasteiger partial charge in [-0.05, 0) is 60.6 Å². The molecule has 4 rings (SSSR count). The Morgan fingerprint density at radius 2 is 1.62 bits per heavy atom. The van der Waals surface area contributed by atoms with Gasteiger partial charge in [0.05, 0.1) is 5.56 Å². The zero-order valence-corrected chi connectivity index (χ0v) is 13.8. The van der Waals surface area contributed by atoms with E-state index in [1.54, 1.807) is 24.3 Å². The molecule has 0 fully saturated rings. The molecule has 3 nitrogen and oxygen atoms in total. The number of benzene rings is 2. The van der Waals surface area contributed by atoms with Crippen molar-refractivity contribution in [1.29, 1.82) is 0 Å². The van der Waals surface area contributed by atoms with Crippen LogP contribution < -0.4 is 16.2 Å². The molecule has 0 bridgehead atoms. The Morgan fingerprint density at radius 1 is 0.875 bits per heavy atom. The minimum atomic E-state index is -0.451. The van der Waals surface area contributed by atoms with Gasteiger partial charge in [-0.3, -0.25) is 9.59 Å². The highest BCUT2D eigenvalue weighted by Gasteiger charge is 2.23. The highest BCUT2D eigenvalue weighted by atomic mass is 35.5.